The third-order valence-corrected chi connectivity index (χ3v) is 3.18. The van der Waals surface area contributed by atoms with Gasteiger partial charge in [-0.05, 0) is 29.4 Å². The van der Waals surface area contributed by atoms with Gasteiger partial charge in [0.1, 0.15) is 5.75 Å². The Labute approximate surface area is 115 Å². The molecule has 3 nitrogen and oxygen atoms in total. The number of carbonyl (C=O) groups excluding carboxylic acids is 1. The number of ether oxygens (including phenoxy) is 1. The van der Waals surface area contributed by atoms with Gasteiger partial charge in [0.05, 0.1) is 0 Å². The molecule has 0 aromatic heterocycles. The summed E-state index contributed by atoms with van der Waals surface area (Å²) in [6, 6.07) is 5.92. The van der Waals surface area contributed by atoms with E-state index < -0.39 is 12.1 Å². The smallest absolute Gasteiger partial charge is 0.340 e. The summed E-state index contributed by atoms with van der Waals surface area (Å²) < 4.78 is 5.46. The van der Waals surface area contributed by atoms with Crippen LogP contribution >= 0.6 is 0 Å². The number of hydrogen-bond acceptors (Lipinski definition) is 3. The van der Waals surface area contributed by atoms with Crippen molar-refractivity contribution in [2.45, 2.75) is 59.0 Å². The summed E-state index contributed by atoms with van der Waals surface area (Å²) in [5.41, 5.74) is 2.01. The van der Waals surface area contributed by atoms with Gasteiger partial charge in [-0.25, -0.2) is 4.79 Å². The molecule has 0 amide bonds. The second-order valence-corrected chi connectivity index (χ2v) is 5.42. The van der Waals surface area contributed by atoms with Gasteiger partial charge in [-0.1, -0.05) is 52.8 Å². The fourth-order valence-electron chi connectivity index (χ4n) is 1.94. The molecular weight excluding hydrogens is 240 g/mol. The molecule has 0 heterocycles. The summed E-state index contributed by atoms with van der Waals surface area (Å²) in [6.07, 6.45) is -0.695. The van der Waals surface area contributed by atoms with Crippen LogP contribution < -0.4 is 4.74 Å². The summed E-state index contributed by atoms with van der Waals surface area (Å²) in [7, 11) is 0. The lowest BCUT2D eigenvalue weighted by Gasteiger charge is -2.19. The van der Waals surface area contributed by atoms with Crippen LogP contribution in [0.25, 0.3) is 0 Å². The van der Waals surface area contributed by atoms with Gasteiger partial charge in [0.2, 0.25) is 0 Å². The number of hydrogen-bond donors (Lipinski definition) is 1. The molecule has 0 saturated heterocycles. The highest BCUT2D eigenvalue weighted by atomic mass is 16.5. The maximum absolute atomic E-state index is 11.8. The summed E-state index contributed by atoms with van der Waals surface area (Å²) in [5.74, 6) is 0.572. The van der Waals surface area contributed by atoms with Crippen molar-refractivity contribution < 1.29 is 14.6 Å². The second-order valence-electron chi connectivity index (χ2n) is 5.42. The molecular formula is C16H24O3. The number of esters is 1. The van der Waals surface area contributed by atoms with Gasteiger partial charge < -0.3 is 9.84 Å². The van der Waals surface area contributed by atoms with E-state index in [0.717, 1.165) is 11.1 Å². The number of aliphatic hydroxyl groups is 1. The summed E-state index contributed by atoms with van der Waals surface area (Å²) in [5, 5.41) is 9.57. The molecule has 1 atom stereocenters. The van der Waals surface area contributed by atoms with Crippen molar-refractivity contribution in [2.24, 2.45) is 0 Å². The number of para-hydroxylation sites is 1. The minimum atomic E-state index is -1.06. The van der Waals surface area contributed by atoms with Gasteiger partial charge >= 0.3 is 5.97 Å². The minimum absolute atomic E-state index is 0.264. The molecule has 1 rings (SSSR count). The van der Waals surface area contributed by atoms with Crippen molar-refractivity contribution >= 4 is 5.97 Å². The molecule has 0 aliphatic rings. The van der Waals surface area contributed by atoms with Gasteiger partial charge in [-0.2, -0.15) is 0 Å². The molecule has 0 bridgehead atoms. The first-order chi connectivity index (χ1) is 8.88. The van der Waals surface area contributed by atoms with E-state index in [9.17, 15) is 9.90 Å². The quantitative estimate of drug-likeness (QED) is 0.652. The fourth-order valence-corrected chi connectivity index (χ4v) is 1.94. The molecule has 19 heavy (non-hydrogen) atoms. The maximum atomic E-state index is 11.8. The van der Waals surface area contributed by atoms with Crippen molar-refractivity contribution in [3.63, 3.8) is 0 Å². The van der Waals surface area contributed by atoms with Crippen molar-refractivity contribution in [2.75, 3.05) is 0 Å². The van der Waals surface area contributed by atoms with E-state index in [1.165, 1.54) is 0 Å². The Balaban J connectivity index is 3.18. The van der Waals surface area contributed by atoms with Crippen LogP contribution in [-0.4, -0.2) is 17.2 Å². The van der Waals surface area contributed by atoms with E-state index in [-0.39, 0.29) is 11.8 Å². The number of carbonyl (C=O) groups is 1. The van der Waals surface area contributed by atoms with E-state index in [1.807, 2.05) is 18.2 Å². The predicted octanol–water partition coefficient (Wildman–Crippen LogP) is 3.61. The van der Waals surface area contributed by atoms with Crippen LogP contribution in [-0.2, 0) is 4.79 Å². The van der Waals surface area contributed by atoms with Gasteiger partial charge in [-0.3, -0.25) is 0 Å². The molecule has 0 aliphatic carbocycles. The zero-order chi connectivity index (χ0) is 14.6. The lowest BCUT2D eigenvalue weighted by molar-refractivity contribution is -0.143. The molecule has 3 heteroatoms. The average Bonchev–Trinajstić information content (AvgIpc) is 2.37. The molecule has 0 saturated carbocycles. The normalized spacial score (nSPS) is 12.8. The highest BCUT2D eigenvalue weighted by molar-refractivity contribution is 5.77. The van der Waals surface area contributed by atoms with Gasteiger partial charge in [0, 0.05) is 0 Å². The number of benzene rings is 1. The first-order valence-electron chi connectivity index (χ1n) is 6.91. The molecule has 1 aromatic carbocycles. The molecule has 1 N–H and O–H groups in total. The highest BCUT2D eigenvalue weighted by Gasteiger charge is 2.21. The average molecular weight is 264 g/mol. The van der Waals surface area contributed by atoms with Crippen LogP contribution in [0.4, 0.5) is 0 Å². The lowest BCUT2D eigenvalue weighted by atomic mass is 9.94. The SMILES string of the molecule is CCC(O)C(=O)Oc1c(C(C)C)cccc1C(C)C. The first kappa shape index (κ1) is 15.7. The molecule has 0 aliphatic heterocycles. The first-order valence-corrected chi connectivity index (χ1v) is 6.91. The lowest BCUT2D eigenvalue weighted by Crippen LogP contribution is -2.25. The molecule has 0 fully saturated rings. The summed E-state index contributed by atoms with van der Waals surface area (Å²) in [6.45, 7) is 10.0. The summed E-state index contributed by atoms with van der Waals surface area (Å²) >= 11 is 0. The fraction of sp³-hybridized carbons (Fsp3) is 0.562. The summed E-state index contributed by atoms with van der Waals surface area (Å²) in [4.78, 5) is 11.8. The van der Waals surface area contributed by atoms with E-state index in [2.05, 4.69) is 27.7 Å². The van der Waals surface area contributed by atoms with Crippen LogP contribution in [0, 0.1) is 0 Å². The van der Waals surface area contributed by atoms with Crippen LogP contribution in [0.1, 0.15) is 64.0 Å². The third-order valence-electron chi connectivity index (χ3n) is 3.18. The number of rotatable bonds is 5. The van der Waals surface area contributed by atoms with Crippen molar-refractivity contribution in [1.29, 1.82) is 0 Å². The second kappa shape index (κ2) is 6.71. The Hall–Kier alpha value is -1.35. The van der Waals surface area contributed by atoms with Gasteiger partial charge in [0.25, 0.3) is 0 Å². The minimum Gasteiger partial charge on any atom is -0.424 e. The Morgan fingerprint density at radius 3 is 2.00 bits per heavy atom. The number of aliphatic hydroxyl groups excluding tert-OH is 1. The maximum Gasteiger partial charge on any atom is 0.340 e. The molecule has 0 radical (unpaired) electrons. The molecule has 1 unspecified atom stereocenters. The molecule has 1 aromatic rings. The molecule has 106 valence electrons. The predicted molar refractivity (Wildman–Crippen MR) is 76.6 cm³/mol. The largest absolute Gasteiger partial charge is 0.424 e. The zero-order valence-corrected chi connectivity index (χ0v) is 12.4. The van der Waals surface area contributed by atoms with Crippen molar-refractivity contribution in [3.05, 3.63) is 29.3 Å². The monoisotopic (exact) mass is 264 g/mol. The third kappa shape index (κ3) is 3.80. The topological polar surface area (TPSA) is 46.5 Å². The zero-order valence-electron chi connectivity index (χ0n) is 12.4. The van der Waals surface area contributed by atoms with E-state index >= 15 is 0 Å². The van der Waals surface area contributed by atoms with Crippen LogP contribution in [0.5, 0.6) is 5.75 Å². The van der Waals surface area contributed by atoms with E-state index in [1.54, 1.807) is 6.92 Å². The Morgan fingerprint density at radius 1 is 1.16 bits per heavy atom. The van der Waals surface area contributed by atoms with Crippen molar-refractivity contribution in [1.82, 2.24) is 0 Å². The Bertz CT molecular complexity index is 409. The van der Waals surface area contributed by atoms with Crippen LogP contribution in [0.2, 0.25) is 0 Å². The van der Waals surface area contributed by atoms with Gasteiger partial charge in [0.15, 0.2) is 6.10 Å². The van der Waals surface area contributed by atoms with E-state index in [4.69, 9.17) is 4.74 Å². The highest BCUT2D eigenvalue weighted by Crippen LogP contribution is 2.34. The van der Waals surface area contributed by atoms with Gasteiger partial charge in [-0.15, -0.1) is 0 Å². The molecule has 0 spiro atoms. The Morgan fingerprint density at radius 2 is 1.63 bits per heavy atom. The Kier molecular flexibility index (Phi) is 5.55. The van der Waals surface area contributed by atoms with E-state index in [0.29, 0.717) is 12.2 Å². The van der Waals surface area contributed by atoms with Crippen LogP contribution in [0.15, 0.2) is 18.2 Å². The van der Waals surface area contributed by atoms with Crippen molar-refractivity contribution in [3.8, 4) is 5.75 Å². The van der Waals surface area contributed by atoms with Crippen LogP contribution in [0.3, 0.4) is 0 Å². The standard InChI is InChI=1S/C16H24O3/c1-6-14(17)16(18)19-15-12(10(2)3)8-7-9-13(15)11(4)5/h7-11,14,17H,6H2,1-5H3.